The van der Waals surface area contributed by atoms with Gasteiger partial charge in [-0.1, -0.05) is 73.2 Å². The zero-order chi connectivity index (χ0) is 23.9. The van der Waals surface area contributed by atoms with Crippen molar-refractivity contribution >= 4 is 5.91 Å². The van der Waals surface area contributed by atoms with Crippen molar-refractivity contribution in [2.75, 3.05) is 19.6 Å². The van der Waals surface area contributed by atoms with E-state index in [9.17, 15) is 4.79 Å². The second-order valence-electron chi connectivity index (χ2n) is 8.18. The third-order valence-corrected chi connectivity index (χ3v) is 5.71. The molecule has 0 bridgehead atoms. The number of nitrogens with one attached hydrogen (secondary N) is 1. The fourth-order valence-corrected chi connectivity index (χ4v) is 3.43. The highest BCUT2D eigenvalue weighted by Gasteiger charge is 2.22. The molecule has 1 atom stereocenters. The van der Waals surface area contributed by atoms with Gasteiger partial charge in [0, 0.05) is 36.8 Å². The summed E-state index contributed by atoms with van der Waals surface area (Å²) in [6.07, 6.45) is 4.13. The number of allylic oxidation sites excluding steroid dienone is 1. The Bertz CT molecular complexity index is 818. The predicted molar refractivity (Wildman–Crippen MR) is 139 cm³/mol. The van der Waals surface area contributed by atoms with Crippen LogP contribution >= 0.6 is 0 Å². The number of amides is 1. The van der Waals surface area contributed by atoms with E-state index in [2.05, 4.69) is 62.5 Å². The first-order chi connectivity index (χ1) is 15.4. The normalized spacial score (nSPS) is 14.0. The third-order valence-electron chi connectivity index (χ3n) is 5.71. The molecule has 1 aliphatic heterocycles. The minimum Gasteiger partial charge on any atom is -0.375 e. The number of benzene rings is 2. The highest BCUT2D eigenvalue weighted by molar-refractivity contribution is 5.94. The van der Waals surface area contributed by atoms with Crippen LogP contribution in [0.25, 0.3) is 0 Å². The van der Waals surface area contributed by atoms with Crippen LogP contribution in [-0.2, 0) is 0 Å². The van der Waals surface area contributed by atoms with Gasteiger partial charge >= 0.3 is 0 Å². The molecule has 1 amide bonds. The van der Waals surface area contributed by atoms with Crippen LogP contribution in [0.5, 0.6) is 0 Å². The Hall–Kier alpha value is -3.07. The first-order valence-corrected chi connectivity index (χ1v) is 11.3. The molecule has 1 aliphatic rings. The highest BCUT2D eigenvalue weighted by atomic mass is 16.1. The van der Waals surface area contributed by atoms with Gasteiger partial charge in [0.05, 0.1) is 0 Å². The minimum absolute atomic E-state index is 0.0251. The average Bonchev–Trinajstić information content (AvgIpc) is 2.84. The molecule has 1 N–H and O–H groups in total. The van der Waals surface area contributed by atoms with E-state index in [0.29, 0.717) is 11.8 Å². The Balaban J connectivity index is 0.000000477. The summed E-state index contributed by atoms with van der Waals surface area (Å²) in [5.74, 6) is 0.900. The monoisotopic (exact) mass is 432 g/mol. The van der Waals surface area contributed by atoms with Gasteiger partial charge in [-0.05, 0) is 44.7 Å². The van der Waals surface area contributed by atoms with Crippen molar-refractivity contribution in [2.24, 2.45) is 11.8 Å². The van der Waals surface area contributed by atoms with Crippen LogP contribution in [0.15, 0.2) is 92.7 Å². The molecule has 32 heavy (non-hydrogen) atoms. The van der Waals surface area contributed by atoms with Crippen molar-refractivity contribution < 1.29 is 4.79 Å². The van der Waals surface area contributed by atoms with Gasteiger partial charge in [0.2, 0.25) is 0 Å². The summed E-state index contributed by atoms with van der Waals surface area (Å²) in [6.45, 7) is 23.0. The lowest BCUT2D eigenvalue weighted by atomic mass is 9.95. The summed E-state index contributed by atoms with van der Waals surface area (Å²) in [4.78, 5) is 14.5. The average molecular weight is 433 g/mol. The Kier molecular flexibility index (Phi) is 12.5. The molecule has 3 nitrogen and oxygen atoms in total. The van der Waals surface area contributed by atoms with Crippen molar-refractivity contribution in [3.8, 4) is 0 Å². The van der Waals surface area contributed by atoms with Crippen molar-refractivity contribution in [3.05, 3.63) is 109 Å². The molecular weight excluding hydrogens is 392 g/mol. The summed E-state index contributed by atoms with van der Waals surface area (Å²) in [5, 5.41) is 3.07. The maximum absolute atomic E-state index is 12.2. The Morgan fingerprint density at radius 1 is 1.03 bits per heavy atom. The minimum atomic E-state index is 0.0251. The van der Waals surface area contributed by atoms with Crippen LogP contribution < -0.4 is 5.32 Å². The van der Waals surface area contributed by atoms with Gasteiger partial charge in [0.1, 0.15) is 0 Å². The molecule has 172 valence electrons. The molecular formula is C29H40N2O. The fraction of sp³-hybridized carbons (Fsp3) is 0.345. The van der Waals surface area contributed by atoms with E-state index < -0.39 is 0 Å². The second-order valence-corrected chi connectivity index (χ2v) is 8.18. The number of rotatable bonds is 6. The maximum atomic E-state index is 12.2. The van der Waals surface area contributed by atoms with Gasteiger partial charge in [0.15, 0.2) is 0 Å². The molecule has 2 aromatic rings. The lowest BCUT2D eigenvalue weighted by Gasteiger charge is -2.36. The van der Waals surface area contributed by atoms with E-state index in [-0.39, 0.29) is 5.91 Å². The molecule has 0 aliphatic carbocycles. The molecule has 1 saturated heterocycles. The quantitative estimate of drug-likeness (QED) is 0.524. The van der Waals surface area contributed by atoms with Crippen molar-refractivity contribution in [1.82, 2.24) is 10.2 Å². The summed E-state index contributed by atoms with van der Waals surface area (Å²) >= 11 is 0. The molecule has 3 rings (SSSR count). The number of hydrogen-bond acceptors (Lipinski definition) is 2. The molecule has 1 fully saturated rings. The molecule has 0 spiro atoms. The lowest BCUT2D eigenvalue weighted by molar-refractivity contribution is 0.0939. The summed E-state index contributed by atoms with van der Waals surface area (Å²) < 4.78 is 0. The molecule has 0 saturated carbocycles. The van der Waals surface area contributed by atoms with E-state index in [4.69, 9.17) is 0 Å². The van der Waals surface area contributed by atoms with Crippen LogP contribution in [0.3, 0.4) is 0 Å². The van der Waals surface area contributed by atoms with Gasteiger partial charge in [-0.2, -0.15) is 0 Å². The van der Waals surface area contributed by atoms with Crippen molar-refractivity contribution in [1.29, 1.82) is 0 Å². The first-order valence-electron chi connectivity index (χ1n) is 11.3. The van der Waals surface area contributed by atoms with Gasteiger partial charge in [-0.3, -0.25) is 4.79 Å². The molecule has 1 unspecified atom stereocenters. The highest BCUT2D eigenvalue weighted by Crippen LogP contribution is 2.23. The summed E-state index contributed by atoms with van der Waals surface area (Å²) in [6, 6.07) is 18.0. The van der Waals surface area contributed by atoms with Gasteiger partial charge in [-0.25, -0.2) is 0 Å². The number of carbonyl (C=O) groups is 1. The Morgan fingerprint density at radius 2 is 1.56 bits per heavy atom. The third kappa shape index (κ3) is 9.38. The van der Waals surface area contributed by atoms with Crippen molar-refractivity contribution in [2.45, 2.75) is 33.6 Å². The van der Waals surface area contributed by atoms with Crippen LogP contribution in [0.2, 0.25) is 0 Å². The van der Waals surface area contributed by atoms with Crippen molar-refractivity contribution in [3.63, 3.8) is 0 Å². The Morgan fingerprint density at radius 3 is 2.03 bits per heavy atom. The van der Waals surface area contributed by atoms with Gasteiger partial charge in [0.25, 0.3) is 5.91 Å². The number of aryl methyl sites for hydroxylation is 2. The zero-order valence-corrected chi connectivity index (χ0v) is 20.1. The lowest BCUT2D eigenvalue weighted by Crippen LogP contribution is -2.38. The van der Waals surface area contributed by atoms with Gasteiger partial charge in [-0.15, -0.1) is 19.7 Å². The fourth-order valence-electron chi connectivity index (χ4n) is 3.43. The van der Waals surface area contributed by atoms with Crippen LogP contribution in [-0.4, -0.2) is 30.4 Å². The molecule has 1 heterocycles. The SMILES string of the molecule is C=C.C=CC(C)C(=C)N1CCC(CNC(=O)c2ccc(C)cc2)CC1.Cc1ccccc1. The number of carbonyl (C=O) groups excluding carboxylic acids is 1. The van der Waals surface area contributed by atoms with Crippen LogP contribution in [0.4, 0.5) is 0 Å². The second kappa shape index (κ2) is 14.9. The smallest absolute Gasteiger partial charge is 0.251 e. The van der Waals surface area contributed by atoms with E-state index >= 15 is 0 Å². The summed E-state index contributed by atoms with van der Waals surface area (Å²) in [7, 11) is 0. The summed E-state index contributed by atoms with van der Waals surface area (Å²) in [5.41, 5.74) is 4.38. The topological polar surface area (TPSA) is 32.3 Å². The Labute approximate surface area is 195 Å². The molecule has 3 heteroatoms. The van der Waals surface area contributed by atoms with Crippen LogP contribution in [0, 0.1) is 25.7 Å². The predicted octanol–water partition coefficient (Wildman–Crippen LogP) is 6.57. The maximum Gasteiger partial charge on any atom is 0.251 e. The van der Waals surface area contributed by atoms with E-state index in [1.807, 2.05) is 55.5 Å². The number of likely N-dealkylation sites (tertiary alicyclic amines) is 1. The van der Waals surface area contributed by atoms with Crippen LogP contribution in [0.1, 0.15) is 41.3 Å². The number of hydrogen-bond donors (Lipinski definition) is 1. The molecule has 0 aromatic heterocycles. The molecule has 0 radical (unpaired) electrons. The number of nitrogens with zero attached hydrogens (tertiary/aromatic N) is 1. The van der Waals surface area contributed by atoms with Gasteiger partial charge < -0.3 is 10.2 Å². The van der Waals surface area contributed by atoms with E-state index in [0.717, 1.165) is 43.7 Å². The number of piperidine rings is 1. The van der Waals surface area contributed by atoms with E-state index in [1.165, 1.54) is 11.1 Å². The largest absolute Gasteiger partial charge is 0.375 e. The van der Waals surface area contributed by atoms with E-state index in [1.54, 1.807) is 0 Å². The standard InChI is InChI=1S/C20H28N2O.C7H8.C2H4/c1-5-16(3)17(4)22-12-10-18(11-13-22)14-21-20(23)19-8-6-15(2)7-9-19;1-7-5-3-2-4-6-7;1-2/h5-9,16,18H,1,4,10-14H2,2-3H3,(H,21,23);2-6H,1H3;1-2H2. The first kappa shape index (κ1) is 27.0. The zero-order valence-electron chi connectivity index (χ0n) is 20.1. The molecule has 2 aromatic carbocycles.